The van der Waals surface area contributed by atoms with Crippen molar-refractivity contribution in [1.29, 1.82) is 0 Å². The summed E-state index contributed by atoms with van der Waals surface area (Å²) in [5, 5.41) is -14.7. The minimum Gasteiger partial charge on any atom is -0.442 e. The highest BCUT2D eigenvalue weighted by Gasteiger charge is 2.82. The fraction of sp³-hybridized carbons (Fsp3) is 0.600. The number of allylic oxidation sites excluding steroid dienone is 2. The summed E-state index contributed by atoms with van der Waals surface area (Å²) in [5.41, 5.74) is 0. The highest BCUT2D eigenvalue weighted by molar-refractivity contribution is 8.14. The van der Waals surface area contributed by atoms with E-state index in [0.29, 0.717) is 0 Å². The molecular weight excluding hydrogens is 639 g/mol. The third-order valence-electron chi connectivity index (χ3n) is 3.25. The predicted octanol–water partition coefficient (Wildman–Crippen LogP) is 6.08. The molecule has 0 rings (SSSR count). The summed E-state index contributed by atoms with van der Waals surface area (Å²) in [4.78, 5) is 0. The maximum atomic E-state index is 13.7. The molecule has 208 valence electrons. The second-order valence-corrected chi connectivity index (χ2v) is 10.7. The van der Waals surface area contributed by atoms with E-state index in [1.165, 1.54) is 0 Å². The molecule has 0 aliphatic carbocycles. The van der Waals surface area contributed by atoms with Gasteiger partial charge in [-0.15, -0.1) is 0 Å². The van der Waals surface area contributed by atoms with Gasteiger partial charge >= 0.3 is 64.5 Å². The Morgan fingerprint density at radius 1 is 0.514 bits per heavy atom. The van der Waals surface area contributed by atoms with Gasteiger partial charge in [0.15, 0.2) is 0 Å². The molecule has 5 nitrogen and oxygen atoms in total. The Balaban J connectivity index is 7.15. The van der Waals surface area contributed by atoms with E-state index >= 15 is 0 Å². The maximum Gasteiger partial charge on any atom is 0.427 e. The number of alkyl halides is 12. The van der Waals surface area contributed by atoms with Gasteiger partial charge < -0.3 is 4.74 Å². The lowest BCUT2D eigenvalue weighted by Crippen LogP contribution is -2.59. The second kappa shape index (κ2) is 9.19. The lowest BCUT2D eigenvalue weighted by Gasteiger charge is -2.34. The van der Waals surface area contributed by atoms with Gasteiger partial charge in [-0.1, -0.05) is 0 Å². The standard InChI is InChI=1S/C10Cl2F16O5S2/c11-34(29,30)9(25,26)7(21,22)5(17,18)1(3(13)14)33-2(4(15)16)6(19,20)8(23,24)10(27,28)35(12,31)32. The first-order chi connectivity index (χ1) is 14.9. The summed E-state index contributed by atoms with van der Waals surface area (Å²) in [6, 6.07) is 0. The average molecular weight is 639 g/mol. The summed E-state index contributed by atoms with van der Waals surface area (Å²) >= 11 is 0. The number of ether oxygens (including phenoxy) is 1. The molecule has 0 aliphatic heterocycles. The third kappa shape index (κ3) is 5.22. The monoisotopic (exact) mass is 638 g/mol. The maximum absolute atomic E-state index is 13.7. The van der Waals surface area contributed by atoms with Gasteiger partial charge in [0.1, 0.15) is 0 Å². The van der Waals surface area contributed by atoms with Crippen LogP contribution in [0.25, 0.3) is 0 Å². The van der Waals surface area contributed by atoms with Gasteiger partial charge in [-0.3, -0.25) is 0 Å². The molecular formula is C10Cl2F16O5S2. The van der Waals surface area contributed by atoms with Crippen LogP contribution in [-0.2, 0) is 22.8 Å². The van der Waals surface area contributed by atoms with E-state index in [1.807, 2.05) is 0 Å². The van der Waals surface area contributed by atoms with Gasteiger partial charge in [0.05, 0.1) is 0 Å². The van der Waals surface area contributed by atoms with Crippen LogP contribution in [0.3, 0.4) is 0 Å². The molecule has 0 saturated carbocycles. The van der Waals surface area contributed by atoms with Crippen molar-refractivity contribution in [3.05, 3.63) is 23.7 Å². The Labute approximate surface area is 189 Å². The van der Waals surface area contributed by atoms with Crippen molar-refractivity contribution < 1.29 is 91.8 Å². The highest BCUT2D eigenvalue weighted by atomic mass is 35.7. The van der Waals surface area contributed by atoms with Crippen LogP contribution in [0.15, 0.2) is 23.7 Å². The molecule has 0 unspecified atom stereocenters. The summed E-state index contributed by atoms with van der Waals surface area (Å²) < 4.78 is 256. The highest BCUT2D eigenvalue weighted by Crippen LogP contribution is 2.57. The van der Waals surface area contributed by atoms with Crippen LogP contribution < -0.4 is 0 Å². The minimum absolute atomic E-state index is 2.15. The third-order valence-corrected chi connectivity index (χ3v) is 6.15. The number of halogens is 18. The van der Waals surface area contributed by atoms with E-state index in [1.54, 1.807) is 0 Å². The summed E-state index contributed by atoms with van der Waals surface area (Å²) in [6.45, 7) is 0. The first-order valence-electron chi connectivity index (χ1n) is 6.82. The molecule has 0 bridgehead atoms. The van der Waals surface area contributed by atoms with E-state index in [2.05, 4.69) is 26.1 Å². The topological polar surface area (TPSA) is 77.5 Å². The average Bonchev–Trinajstić information content (AvgIpc) is 2.58. The number of hydrogen-bond donors (Lipinski definition) is 0. The van der Waals surface area contributed by atoms with Crippen LogP contribution >= 0.6 is 21.4 Å². The molecule has 0 spiro atoms. The van der Waals surface area contributed by atoms with Crippen molar-refractivity contribution in [2.24, 2.45) is 0 Å². The van der Waals surface area contributed by atoms with Crippen LogP contribution in [0.4, 0.5) is 70.2 Å². The molecule has 25 heteroatoms. The Morgan fingerprint density at radius 2 is 0.714 bits per heavy atom. The van der Waals surface area contributed by atoms with Crippen LogP contribution in [-0.4, -0.2) is 51.0 Å². The zero-order chi connectivity index (χ0) is 29.0. The Kier molecular flexibility index (Phi) is 8.83. The first-order valence-corrected chi connectivity index (χ1v) is 11.4. The smallest absolute Gasteiger partial charge is 0.427 e. The predicted molar refractivity (Wildman–Crippen MR) is 78.8 cm³/mol. The van der Waals surface area contributed by atoms with Gasteiger partial charge in [-0.25, -0.2) is 16.8 Å². The quantitative estimate of drug-likeness (QED) is 0.165. The Hall–Kier alpha value is -1.36. The zero-order valence-electron chi connectivity index (χ0n) is 14.7. The molecule has 0 aromatic carbocycles. The minimum atomic E-state index is -7.83. The van der Waals surface area contributed by atoms with E-state index in [9.17, 15) is 87.1 Å². The first kappa shape index (κ1) is 33.6. The summed E-state index contributed by atoms with van der Waals surface area (Å²) in [6.07, 6.45) is -9.57. The summed E-state index contributed by atoms with van der Waals surface area (Å²) in [5.74, 6) is -40.7. The lowest BCUT2D eigenvalue weighted by molar-refractivity contribution is -0.288. The normalized spacial score (nSPS) is 15.0. The zero-order valence-corrected chi connectivity index (χ0v) is 17.8. The van der Waals surface area contributed by atoms with Gasteiger partial charge in [0.2, 0.25) is 11.5 Å². The molecule has 0 heterocycles. The van der Waals surface area contributed by atoms with Crippen molar-refractivity contribution in [3.8, 4) is 0 Å². The van der Waals surface area contributed by atoms with Crippen molar-refractivity contribution in [3.63, 3.8) is 0 Å². The molecule has 0 amide bonds. The fourth-order valence-corrected chi connectivity index (χ4v) is 2.95. The molecule has 35 heavy (non-hydrogen) atoms. The molecule has 0 aromatic rings. The lowest BCUT2D eigenvalue weighted by atomic mass is 10.1. The van der Waals surface area contributed by atoms with E-state index in [-0.39, 0.29) is 0 Å². The SMILES string of the molecule is O=S(=O)(Cl)C(F)(F)C(F)(F)C(F)(F)C(OC(=C(F)F)C(F)(F)C(F)(F)C(F)(F)S(=O)(=O)Cl)=C(F)F. The molecule has 0 saturated heterocycles. The van der Waals surface area contributed by atoms with Crippen LogP contribution in [0, 0.1) is 0 Å². The van der Waals surface area contributed by atoms with E-state index in [0.717, 1.165) is 0 Å². The largest absolute Gasteiger partial charge is 0.442 e. The molecule has 0 atom stereocenters. The molecule has 0 aromatic heterocycles. The van der Waals surface area contributed by atoms with Crippen molar-refractivity contribution in [2.45, 2.75) is 34.2 Å². The van der Waals surface area contributed by atoms with Gasteiger partial charge in [-0.2, -0.15) is 70.2 Å². The van der Waals surface area contributed by atoms with Gasteiger partial charge in [0.25, 0.3) is 0 Å². The molecule has 0 aliphatic rings. The van der Waals surface area contributed by atoms with Crippen molar-refractivity contribution >= 4 is 39.5 Å². The molecule has 0 fully saturated rings. The van der Waals surface area contributed by atoms with Gasteiger partial charge in [0, 0.05) is 21.4 Å². The van der Waals surface area contributed by atoms with E-state index in [4.69, 9.17) is 0 Å². The summed E-state index contributed by atoms with van der Waals surface area (Å²) in [7, 11) is -7.03. The second-order valence-electron chi connectivity index (χ2n) is 5.49. The van der Waals surface area contributed by atoms with Crippen molar-refractivity contribution in [2.75, 3.05) is 0 Å². The Bertz CT molecular complexity index is 1030. The van der Waals surface area contributed by atoms with Gasteiger partial charge in [-0.05, 0) is 0 Å². The number of rotatable bonds is 10. The van der Waals surface area contributed by atoms with Crippen LogP contribution in [0.2, 0.25) is 0 Å². The fourth-order valence-electron chi connectivity index (χ4n) is 1.50. The molecule has 0 N–H and O–H groups in total. The van der Waals surface area contributed by atoms with Crippen LogP contribution in [0.1, 0.15) is 0 Å². The van der Waals surface area contributed by atoms with Crippen molar-refractivity contribution in [1.82, 2.24) is 0 Å². The van der Waals surface area contributed by atoms with E-state index < -0.39 is 76.0 Å². The Morgan fingerprint density at radius 3 is 0.857 bits per heavy atom. The number of hydrogen-bond acceptors (Lipinski definition) is 5. The van der Waals surface area contributed by atoms with Crippen LogP contribution in [0.5, 0.6) is 0 Å². The molecule has 0 radical (unpaired) electrons.